The fourth-order valence-corrected chi connectivity index (χ4v) is 7.36. The van der Waals surface area contributed by atoms with Crippen molar-refractivity contribution < 1.29 is 28.7 Å². The molecule has 4 N–H and O–H groups in total. The SMILES string of the molecule is COC(=O)NC(C(=O)N1CCC[C@H]1c1ncc(-n2ccc(-c3ccc(-c4cnc([C@@H]5CCCN5C(=O)[C@@H](NC(=O)OC)C(C)C)[nH]4)cc3)cc2=O)[nH]1)C(C)C. The van der Waals surface area contributed by atoms with Gasteiger partial charge in [0.15, 0.2) is 0 Å². The van der Waals surface area contributed by atoms with Crippen LogP contribution in [0.3, 0.4) is 0 Å². The summed E-state index contributed by atoms with van der Waals surface area (Å²) in [6.45, 7) is 8.58. The van der Waals surface area contributed by atoms with Crippen molar-refractivity contribution in [1.29, 1.82) is 0 Å². The molecule has 2 fully saturated rings. The molecule has 0 aliphatic carbocycles. The maximum absolute atomic E-state index is 13.5. The summed E-state index contributed by atoms with van der Waals surface area (Å²) in [6.07, 6.45) is 6.76. The molecule has 16 nitrogen and oxygen atoms in total. The van der Waals surface area contributed by atoms with Crippen LogP contribution in [0.2, 0.25) is 0 Å². The van der Waals surface area contributed by atoms with Crippen molar-refractivity contribution in [1.82, 2.24) is 44.9 Å². The van der Waals surface area contributed by atoms with Crippen LogP contribution in [0.5, 0.6) is 0 Å². The van der Waals surface area contributed by atoms with E-state index in [0.29, 0.717) is 37.0 Å². The van der Waals surface area contributed by atoms with Gasteiger partial charge in [-0.3, -0.25) is 19.0 Å². The molecule has 0 bridgehead atoms. The number of alkyl carbamates (subject to hydrolysis) is 2. The minimum atomic E-state index is -0.745. The summed E-state index contributed by atoms with van der Waals surface area (Å²) in [5, 5.41) is 5.33. The smallest absolute Gasteiger partial charge is 0.407 e. The second kappa shape index (κ2) is 16.6. The molecule has 2 aliphatic heterocycles. The van der Waals surface area contributed by atoms with Crippen LogP contribution < -0.4 is 16.2 Å². The molecule has 292 valence electrons. The highest BCUT2D eigenvalue weighted by Gasteiger charge is 2.39. The zero-order valence-corrected chi connectivity index (χ0v) is 32.0. The van der Waals surface area contributed by atoms with Gasteiger partial charge in [0.25, 0.3) is 5.56 Å². The van der Waals surface area contributed by atoms with E-state index in [1.54, 1.807) is 34.5 Å². The number of methoxy groups -OCH3 is 2. The number of amides is 4. The predicted molar refractivity (Wildman–Crippen MR) is 203 cm³/mol. The number of hydrogen-bond acceptors (Lipinski definition) is 9. The Labute approximate surface area is 319 Å². The Kier molecular flexibility index (Phi) is 11.7. The van der Waals surface area contributed by atoms with E-state index in [2.05, 4.69) is 30.6 Å². The Hall–Kier alpha value is -5.93. The largest absolute Gasteiger partial charge is 0.453 e. The van der Waals surface area contributed by atoms with E-state index >= 15 is 0 Å². The number of carbonyl (C=O) groups excluding carboxylic acids is 4. The zero-order chi connectivity index (χ0) is 39.4. The average molecular weight is 756 g/mol. The molecule has 2 saturated heterocycles. The predicted octanol–water partition coefficient (Wildman–Crippen LogP) is 4.71. The lowest BCUT2D eigenvalue weighted by Crippen LogP contribution is -2.51. The maximum Gasteiger partial charge on any atom is 0.407 e. The quantitative estimate of drug-likeness (QED) is 0.168. The summed E-state index contributed by atoms with van der Waals surface area (Å²) < 4.78 is 10.9. The second-order valence-electron chi connectivity index (χ2n) is 14.6. The Bertz CT molecular complexity index is 2070. The molecule has 1 aromatic carbocycles. The van der Waals surface area contributed by atoms with E-state index in [0.717, 1.165) is 41.6 Å². The highest BCUT2D eigenvalue weighted by molar-refractivity contribution is 5.87. The van der Waals surface area contributed by atoms with Crippen molar-refractivity contribution in [3.8, 4) is 28.2 Å². The van der Waals surface area contributed by atoms with Crippen LogP contribution in [0.4, 0.5) is 9.59 Å². The zero-order valence-electron chi connectivity index (χ0n) is 32.0. The van der Waals surface area contributed by atoms with Gasteiger partial charge in [-0.25, -0.2) is 19.6 Å². The number of aromatic nitrogens is 5. The highest BCUT2D eigenvalue weighted by Crippen LogP contribution is 2.34. The number of benzene rings is 1. The van der Waals surface area contributed by atoms with Gasteiger partial charge in [-0.15, -0.1) is 0 Å². The molecule has 16 heteroatoms. The number of imidazole rings is 2. The monoisotopic (exact) mass is 755 g/mol. The fraction of sp³-hybridized carbons (Fsp3) is 0.462. The molecule has 6 rings (SSSR count). The van der Waals surface area contributed by atoms with E-state index in [1.807, 2.05) is 58.0 Å². The molecule has 2 aliphatic rings. The summed E-state index contributed by atoms with van der Waals surface area (Å²) in [7, 11) is 2.54. The minimum Gasteiger partial charge on any atom is -0.453 e. The molecule has 0 radical (unpaired) electrons. The number of nitrogens with zero attached hydrogens (tertiary/aromatic N) is 5. The lowest BCUT2D eigenvalue weighted by atomic mass is 10.0. The van der Waals surface area contributed by atoms with Gasteiger partial charge in [-0.05, 0) is 60.3 Å². The van der Waals surface area contributed by atoms with Crippen molar-refractivity contribution in [2.45, 2.75) is 77.5 Å². The van der Waals surface area contributed by atoms with Gasteiger partial charge < -0.3 is 39.9 Å². The van der Waals surface area contributed by atoms with Crippen LogP contribution in [0.1, 0.15) is 77.1 Å². The summed E-state index contributed by atoms with van der Waals surface area (Å²) in [4.78, 5) is 83.6. The molecule has 3 aromatic heterocycles. The third-order valence-corrected chi connectivity index (χ3v) is 10.4. The number of H-pyrrole nitrogens is 2. The number of likely N-dealkylation sites (tertiary alicyclic amines) is 2. The highest BCUT2D eigenvalue weighted by atomic mass is 16.5. The van der Waals surface area contributed by atoms with E-state index in [-0.39, 0.29) is 41.3 Å². The van der Waals surface area contributed by atoms with Gasteiger partial charge >= 0.3 is 12.2 Å². The first-order valence-corrected chi connectivity index (χ1v) is 18.6. The molecule has 1 unspecified atom stereocenters. The average Bonchev–Trinajstić information content (AvgIpc) is 4.02. The second-order valence-corrected chi connectivity index (χ2v) is 14.6. The van der Waals surface area contributed by atoms with Crippen molar-refractivity contribution in [2.24, 2.45) is 11.8 Å². The minimum absolute atomic E-state index is 0.126. The molecule has 4 atom stereocenters. The molecule has 0 saturated carbocycles. The van der Waals surface area contributed by atoms with Crippen molar-refractivity contribution >= 4 is 24.0 Å². The van der Waals surface area contributed by atoms with Crippen molar-refractivity contribution in [2.75, 3.05) is 27.3 Å². The number of ether oxygens (including phenoxy) is 2. The van der Waals surface area contributed by atoms with Gasteiger partial charge in [0.2, 0.25) is 11.8 Å². The van der Waals surface area contributed by atoms with Crippen molar-refractivity contribution in [3.63, 3.8) is 0 Å². The first kappa shape index (κ1) is 38.8. The topological polar surface area (TPSA) is 197 Å². The summed E-state index contributed by atoms with van der Waals surface area (Å²) in [5.41, 5.74) is 3.02. The number of carbonyl (C=O) groups is 4. The number of aromatic amines is 2. The van der Waals surface area contributed by atoms with E-state index in [9.17, 15) is 24.0 Å². The van der Waals surface area contributed by atoms with Gasteiger partial charge in [0, 0.05) is 25.4 Å². The third-order valence-electron chi connectivity index (χ3n) is 10.4. The van der Waals surface area contributed by atoms with E-state index in [4.69, 9.17) is 9.47 Å². The van der Waals surface area contributed by atoms with Crippen LogP contribution in [-0.2, 0) is 19.1 Å². The number of pyridine rings is 1. The van der Waals surface area contributed by atoms with E-state index in [1.165, 1.54) is 18.8 Å². The summed E-state index contributed by atoms with van der Waals surface area (Å²) in [6, 6.07) is 9.16. The molecule has 0 spiro atoms. The standard InChI is InChI=1S/C39H49N9O7/c1-22(2)32(44-38(52)54-5)36(50)46-16-7-9-28(46)34-40-20-27(42-34)25-13-11-24(12-14-25)26-15-18-48(31(49)19-26)30-21-41-35(43-30)29-10-8-17-47(29)37(51)33(23(3)4)45-39(53)55-6/h11-15,18-23,28-29,32-33H,7-10,16-17H2,1-6H3,(H,40,42)(H,41,43)(H,44,52)(H,45,53)/t28-,29-,32-,33?/m0/s1. The van der Waals surface area contributed by atoms with Gasteiger partial charge in [0.05, 0.1) is 44.4 Å². The van der Waals surface area contributed by atoms with Crippen LogP contribution in [0, 0.1) is 11.8 Å². The van der Waals surface area contributed by atoms with Crippen LogP contribution in [0.15, 0.2) is 59.8 Å². The Balaban J connectivity index is 1.13. The third kappa shape index (κ3) is 8.27. The van der Waals surface area contributed by atoms with Crippen LogP contribution in [-0.4, -0.2) is 97.7 Å². The fourth-order valence-electron chi connectivity index (χ4n) is 7.36. The normalized spacial score (nSPS) is 18.0. The molecule has 4 aromatic rings. The molecule has 55 heavy (non-hydrogen) atoms. The lowest BCUT2D eigenvalue weighted by molar-refractivity contribution is -0.136. The maximum atomic E-state index is 13.5. The summed E-state index contributed by atoms with van der Waals surface area (Å²) >= 11 is 0. The Morgan fingerprint density at radius 1 is 0.727 bits per heavy atom. The Morgan fingerprint density at radius 3 is 1.75 bits per heavy atom. The van der Waals surface area contributed by atoms with Gasteiger partial charge in [0.1, 0.15) is 29.6 Å². The van der Waals surface area contributed by atoms with Gasteiger partial charge in [-0.2, -0.15) is 0 Å². The number of nitrogens with one attached hydrogen (secondary N) is 4. The number of hydrogen-bond donors (Lipinski definition) is 4. The molecule has 5 heterocycles. The van der Waals surface area contributed by atoms with Crippen LogP contribution in [0.25, 0.3) is 28.2 Å². The van der Waals surface area contributed by atoms with Crippen molar-refractivity contribution in [3.05, 3.63) is 77.0 Å². The summed E-state index contributed by atoms with van der Waals surface area (Å²) in [5.74, 6) is 1.07. The molecular weight excluding hydrogens is 706 g/mol. The van der Waals surface area contributed by atoms with Gasteiger partial charge in [-0.1, -0.05) is 52.0 Å². The first-order chi connectivity index (χ1) is 26.4. The first-order valence-electron chi connectivity index (χ1n) is 18.6. The van der Waals surface area contributed by atoms with Crippen LogP contribution >= 0.6 is 0 Å². The van der Waals surface area contributed by atoms with E-state index < -0.39 is 24.3 Å². The Morgan fingerprint density at radius 2 is 1.24 bits per heavy atom. The molecular formula is C39H49N9O7. The number of rotatable bonds is 11. The lowest BCUT2D eigenvalue weighted by Gasteiger charge is -2.30. The molecule has 4 amide bonds.